The molecule has 0 radical (unpaired) electrons. The van der Waals surface area contributed by atoms with Gasteiger partial charge in [0.2, 0.25) is 5.91 Å². The van der Waals surface area contributed by atoms with Gasteiger partial charge in [-0.3, -0.25) is 4.79 Å². The van der Waals surface area contributed by atoms with Crippen molar-refractivity contribution in [3.05, 3.63) is 24.3 Å². The maximum Gasteiger partial charge on any atom is 0.228 e. The summed E-state index contributed by atoms with van der Waals surface area (Å²) in [6.45, 7) is 6.94. The first-order valence-electron chi connectivity index (χ1n) is 6.35. The molecule has 1 aromatic rings. The average Bonchev–Trinajstić information content (AvgIpc) is 2.32. The summed E-state index contributed by atoms with van der Waals surface area (Å²) >= 11 is 0. The second kappa shape index (κ2) is 7.01. The molecule has 0 aliphatic carbocycles. The van der Waals surface area contributed by atoms with E-state index in [-0.39, 0.29) is 12.0 Å². The lowest BCUT2D eigenvalue weighted by Crippen LogP contribution is -2.31. The fourth-order valence-corrected chi connectivity index (χ4v) is 1.74. The smallest absolute Gasteiger partial charge is 0.228 e. The van der Waals surface area contributed by atoms with E-state index in [0.717, 1.165) is 11.4 Å². The molecule has 1 aromatic carbocycles. The minimum atomic E-state index is 0.0533. The van der Waals surface area contributed by atoms with Crippen LogP contribution in [0.25, 0.3) is 0 Å². The van der Waals surface area contributed by atoms with Crippen LogP contribution in [-0.2, 0) is 4.79 Å². The Morgan fingerprint density at radius 2 is 1.94 bits per heavy atom. The summed E-state index contributed by atoms with van der Waals surface area (Å²) in [7, 11) is 0. The molecule has 4 heteroatoms. The highest BCUT2D eigenvalue weighted by Crippen LogP contribution is 2.20. The molecule has 100 valence electrons. The third-order valence-electron chi connectivity index (χ3n) is 2.50. The number of rotatable bonds is 6. The Morgan fingerprint density at radius 1 is 1.33 bits per heavy atom. The fourth-order valence-electron chi connectivity index (χ4n) is 1.74. The molecule has 0 bridgehead atoms. The lowest BCUT2D eigenvalue weighted by Gasteiger charge is -2.21. The topological polar surface area (TPSA) is 55.6 Å². The Labute approximate surface area is 109 Å². The average molecular weight is 250 g/mol. The zero-order valence-corrected chi connectivity index (χ0v) is 11.3. The molecule has 18 heavy (non-hydrogen) atoms. The van der Waals surface area contributed by atoms with Gasteiger partial charge >= 0.3 is 0 Å². The molecule has 0 atom stereocenters. The van der Waals surface area contributed by atoms with E-state index in [2.05, 4.69) is 0 Å². The highest BCUT2D eigenvalue weighted by molar-refractivity contribution is 5.93. The molecule has 0 aliphatic rings. The predicted octanol–water partition coefficient (Wildman–Crippen LogP) is 2.18. The van der Waals surface area contributed by atoms with Crippen LogP contribution in [0.3, 0.4) is 0 Å². The summed E-state index contributed by atoms with van der Waals surface area (Å²) in [5.41, 5.74) is 6.29. The highest BCUT2D eigenvalue weighted by atomic mass is 16.5. The number of carbonyl (C=O) groups excluding carboxylic acids is 1. The SMILES string of the molecule is CCN(C(=O)CCN)c1ccc(OC(C)C)cc1. The van der Waals surface area contributed by atoms with Gasteiger partial charge in [0.15, 0.2) is 0 Å². The molecule has 0 saturated heterocycles. The summed E-state index contributed by atoms with van der Waals surface area (Å²) in [5.74, 6) is 0.869. The molecule has 0 fully saturated rings. The van der Waals surface area contributed by atoms with Crippen molar-refractivity contribution in [2.45, 2.75) is 33.3 Å². The van der Waals surface area contributed by atoms with Gasteiger partial charge in [-0.25, -0.2) is 0 Å². The maximum absolute atomic E-state index is 11.9. The first-order valence-corrected chi connectivity index (χ1v) is 6.35. The number of anilines is 1. The van der Waals surface area contributed by atoms with E-state index in [1.54, 1.807) is 4.90 Å². The van der Waals surface area contributed by atoms with Crippen LogP contribution in [-0.4, -0.2) is 25.1 Å². The third kappa shape index (κ3) is 4.04. The standard InChI is InChI=1S/C14H22N2O2/c1-4-16(14(17)9-10-15)12-5-7-13(8-6-12)18-11(2)3/h5-8,11H,4,9-10,15H2,1-3H3. The van der Waals surface area contributed by atoms with Crippen LogP contribution < -0.4 is 15.4 Å². The molecular weight excluding hydrogens is 228 g/mol. The van der Waals surface area contributed by atoms with Crippen molar-refractivity contribution in [3.8, 4) is 5.75 Å². The van der Waals surface area contributed by atoms with Crippen LogP contribution in [0.5, 0.6) is 5.75 Å². The van der Waals surface area contributed by atoms with Crippen LogP contribution in [0.1, 0.15) is 27.2 Å². The molecule has 0 saturated carbocycles. The molecule has 1 rings (SSSR count). The molecule has 0 unspecified atom stereocenters. The minimum absolute atomic E-state index is 0.0533. The summed E-state index contributed by atoms with van der Waals surface area (Å²) in [4.78, 5) is 13.6. The number of benzene rings is 1. The monoisotopic (exact) mass is 250 g/mol. The van der Waals surface area contributed by atoms with Crippen LogP contribution in [0.2, 0.25) is 0 Å². The fraction of sp³-hybridized carbons (Fsp3) is 0.500. The summed E-state index contributed by atoms with van der Waals surface area (Å²) < 4.78 is 5.57. The molecular formula is C14H22N2O2. The normalized spacial score (nSPS) is 10.5. The number of hydrogen-bond acceptors (Lipinski definition) is 3. The van der Waals surface area contributed by atoms with E-state index in [4.69, 9.17) is 10.5 Å². The Kier molecular flexibility index (Phi) is 5.65. The first kappa shape index (κ1) is 14.5. The number of nitrogens with two attached hydrogens (primary N) is 1. The van der Waals surface area contributed by atoms with Crippen molar-refractivity contribution in [1.29, 1.82) is 0 Å². The first-order chi connectivity index (χ1) is 8.58. The molecule has 0 heterocycles. The summed E-state index contributed by atoms with van der Waals surface area (Å²) in [5, 5.41) is 0. The van der Waals surface area contributed by atoms with Gasteiger partial charge in [-0.15, -0.1) is 0 Å². The van der Waals surface area contributed by atoms with E-state index < -0.39 is 0 Å². The van der Waals surface area contributed by atoms with Crippen molar-refractivity contribution in [3.63, 3.8) is 0 Å². The lowest BCUT2D eigenvalue weighted by atomic mass is 10.2. The Hall–Kier alpha value is -1.55. The van der Waals surface area contributed by atoms with Crippen LogP contribution >= 0.6 is 0 Å². The van der Waals surface area contributed by atoms with Crippen molar-refractivity contribution >= 4 is 11.6 Å². The number of hydrogen-bond donors (Lipinski definition) is 1. The van der Waals surface area contributed by atoms with E-state index in [9.17, 15) is 4.79 Å². The quantitative estimate of drug-likeness (QED) is 0.842. The molecule has 0 spiro atoms. The number of carbonyl (C=O) groups is 1. The van der Waals surface area contributed by atoms with Gasteiger partial charge in [0.05, 0.1) is 6.10 Å². The highest BCUT2D eigenvalue weighted by Gasteiger charge is 2.12. The van der Waals surface area contributed by atoms with Crippen LogP contribution in [0, 0.1) is 0 Å². The number of ether oxygens (including phenoxy) is 1. The zero-order chi connectivity index (χ0) is 13.5. The predicted molar refractivity (Wildman–Crippen MR) is 73.9 cm³/mol. The van der Waals surface area contributed by atoms with E-state index in [1.165, 1.54) is 0 Å². The summed E-state index contributed by atoms with van der Waals surface area (Å²) in [6, 6.07) is 7.56. The second-order valence-electron chi connectivity index (χ2n) is 4.34. The van der Waals surface area contributed by atoms with Gasteiger partial charge < -0.3 is 15.4 Å². The van der Waals surface area contributed by atoms with Crippen molar-refractivity contribution in [2.75, 3.05) is 18.0 Å². The van der Waals surface area contributed by atoms with E-state index in [0.29, 0.717) is 19.5 Å². The molecule has 4 nitrogen and oxygen atoms in total. The van der Waals surface area contributed by atoms with Crippen molar-refractivity contribution < 1.29 is 9.53 Å². The van der Waals surface area contributed by atoms with Crippen LogP contribution in [0.15, 0.2) is 24.3 Å². The van der Waals surface area contributed by atoms with E-state index in [1.807, 2.05) is 45.0 Å². The third-order valence-corrected chi connectivity index (χ3v) is 2.50. The van der Waals surface area contributed by atoms with Gasteiger partial charge in [0, 0.05) is 25.2 Å². The molecule has 1 amide bonds. The van der Waals surface area contributed by atoms with E-state index >= 15 is 0 Å². The second-order valence-corrected chi connectivity index (χ2v) is 4.34. The number of nitrogens with zero attached hydrogens (tertiary/aromatic N) is 1. The largest absolute Gasteiger partial charge is 0.491 e. The summed E-state index contributed by atoms with van der Waals surface area (Å²) in [6.07, 6.45) is 0.523. The van der Waals surface area contributed by atoms with Gasteiger partial charge in [-0.2, -0.15) is 0 Å². The van der Waals surface area contributed by atoms with Gasteiger partial charge in [-0.1, -0.05) is 0 Å². The van der Waals surface area contributed by atoms with Crippen LogP contribution in [0.4, 0.5) is 5.69 Å². The zero-order valence-electron chi connectivity index (χ0n) is 11.3. The molecule has 2 N–H and O–H groups in total. The number of amides is 1. The molecule has 0 aliphatic heterocycles. The Morgan fingerprint density at radius 3 is 2.39 bits per heavy atom. The molecule has 0 aromatic heterocycles. The van der Waals surface area contributed by atoms with Crippen molar-refractivity contribution in [1.82, 2.24) is 0 Å². The Balaban J connectivity index is 2.78. The maximum atomic E-state index is 11.9. The van der Waals surface area contributed by atoms with Gasteiger partial charge in [0.1, 0.15) is 5.75 Å². The lowest BCUT2D eigenvalue weighted by molar-refractivity contribution is -0.118. The van der Waals surface area contributed by atoms with Crippen molar-refractivity contribution in [2.24, 2.45) is 5.73 Å². The Bertz CT molecular complexity index is 374. The van der Waals surface area contributed by atoms with Gasteiger partial charge in [-0.05, 0) is 45.0 Å². The van der Waals surface area contributed by atoms with Gasteiger partial charge in [0.25, 0.3) is 0 Å². The minimum Gasteiger partial charge on any atom is -0.491 e.